The maximum Gasteiger partial charge on any atom is 0.227 e. The molecule has 1 heterocycles. The number of fused-ring (bicyclic) bond motifs is 1. The molecular weight excluding hydrogens is 332 g/mol. The minimum Gasteiger partial charge on any atom is -0.436 e. The van der Waals surface area contributed by atoms with Gasteiger partial charge in [-0.05, 0) is 55.0 Å². The Morgan fingerprint density at radius 1 is 1.32 bits per heavy atom. The molecule has 0 saturated heterocycles. The first-order valence-electron chi connectivity index (χ1n) is 7.93. The lowest BCUT2D eigenvalue weighted by Gasteiger charge is -2.05. The Morgan fingerprint density at radius 2 is 2.16 bits per heavy atom. The number of thioether (sulfide) groups is 1. The predicted octanol–water partition coefficient (Wildman–Crippen LogP) is 4.79. The first-order valence-corrected chi connectivity index (χ1v) is 9.15. The topological polar surface area (TPSA) is 74.2 Å². The van der Waals surface area contributed by atoms with Crippen LogP contribution in [0, 0.1) is 18.4 Å². The molecular formula is C19H18N4OS. The molecule has 25 heavy (non-hydrogen) atoms. The van der Waals surface area contributed by atoms with E-state index in [1.165, 1.54) is 17.3 Å². The van der Waals surface area contributed by atoms with Gasteiger partial charge < -0.3 is 4.42 Å². The van der Waals surface area contributed by atoms with Gasteiger partial charge in [-0.2, -0.15) is 5.26 Å². The van der Waals surface area contributed by atoms with E-state index < -0.39 is 0 Å². The number of nitrogens with zero attached hydrogens (tertiary/aromatic N) is 3. The maximum absolute atomic E-state index is 8.79. The molecule has 3 rings (SSSR count). The lowest BCUT2D eigenvalue weighted by Crippen LogP contribution is -2.12. The van der Waals surface area contributed by atoms with Crippen LogP contribution in [-0.4, -0.2) is 16.4 Å². The van der Waals surface area contributed by atoms with Crippen molar-refractivity contribution >= 4 is 33.7 Å². The van der Waals surface area contributed by atoms with Crippen molar-refractivity contribution in [3.8, 4) is 17.6 Å². The van der Waals surface area contributed by atoms with E-state index in [0.29, 0.717) is 11.1 Å². The number of aromatic nitrogens is 1. The van der Waals surface area contributed by atoms with E-state index in [0.717, 1.165) is 34.3 Å². The van der Waals surface area contributed by atoms with E-state index in [9.17, 15) is 0 Å². The lowest BCUT2D eigenvalue weighted by atomic mass is 10.1. The molecule has 6 heteroatoms. The molecule has 0 aliphatic rings. The van der Waals surface area contributed by atoms with E-state index in [1.54, 1.807) is 0 Å². The summed E-state index contributed by atoms with van der Waals surface area (Å²) in [5.41, 5.74) is 5.51. The maximum atomic E-state index is 8.79. The normalized spacial score (nSPS) is 11.5. The number of amidine groups is 1. The molecule has 5 nitrogen and oxygen atoms in total. The highest BCUT2D eigenvalue weighted by Crippen LogP contribution is 2.30. The van der Waals surface area contributed by atoms with Crippen LogP contribution in [0.5, 0.6) is 0 Å². The average Bonchev–Trinajstić information content (AvgIpc) is 3.06. The quantitative estimate of drug-likeness (QED) is 0.318. The molecule has 3 aromatic rings. The largest absolute Gasteiger partial charge is 0.436 e. The van der Waals surface area contributed by atoms with Crippen molar-refractivity contribution in [3.05, 3.63) is 47.5 Å². The zero-order valence-electron chi connectivity index (χ0n) is 14.3. The number of hydrogen-bond acceptors (Lipinski definition) is 5. The Bertz CT molecular complexity index is 985. The molecule has 0 radical (unpaired) electrons. The average molecular weight is 350 g/mol. The molecule has 0 aliphatic carbocycles. The zero-order valence-corrected chi connectivity index (χ0v) is 15.1. The molecule has 0 saturated carbocycles. The van der Waals surface area contributed by atoms with Gasteiger partial charge in [0.2, 0.25) is 5.89 Å². The van der Waals surface area contributed by atoms with Gasteiger partial charge in [-0.3, -0.25) is 5.32 Å². The molecule has 1 N–H and O–H groups in total. The van der Waals surface area contributed by atoms with Crippen molar-refractivity contribution in [2.45, 2.75) is 20.3 Å². The number of nitrogens with one attached hydrogen (secondary N) is 1. The third-order valence-electron chi connectivity index (χ3n) is 3.89. The minimum absolute atomic E-state index is 0.549. The number of rotatable bonds is 3. The number of aryl methyl sites for hydroxylation is 2. The van der Waals surface area contributed by atoms with Crippen molar-refractivity contribution in [1.82, 2.24) is 10.3 Å². The fourth-order valence-corrected chi connectivity index (χ4v) is 2.80. The van der Waals surface area contributed by atoms with Gasteiger partial charge in [-0.15, -0.1) is 0 Å². The summed E-state index contributed by atoms with van der Waals surface area (Å²) in [6, 6.07) is 11.9. The SMILES string of the molecule is CCc1ccc2oc(-c3ccc(C)c(N=C(NC#N)SC)c3)nc2c1. The van der Waals surface area contributed by atoms with Crippen LogP contribution in [0.15, 0.2) is 45.8 Å². The van der Waals surface area contributed by atoms with Gasteiger partial charge in [-0.25, -0.2) is 9.98 Å². The van der Waals surface area contributed by atoms with Gasteiger partial charge in [0.05, 0.1) is 5.69 Å². The smallest absolute Gasteiger partial charge is 0.227 e. The third-order valence-corrected chi connectivity index (χ3v) is 4.47. The van der Waals surface area contributed by atoms with Crippen LogP contribution in [0.25, 0.3) is 22.6 Å². The summed E-state index contributed by atoms with van der Waals surface area (Å²) in [5, 5.41) is 11.9. The van der Waals surface area contributed by atoms with Crippen molar-refractivity contribution < 1.29 is 4.42 Å². The third kappa shape index (κ3) is 3.67. The minimum atomic E-state index is 0.549. The van der Waals surface area contributed by atoms with Crippen LogP contribution >= 0.6 is 11.8 Å². The summed E-state index contributed by atoms with van der Waals surface area (Å²) in [6.45, 7) is 4.09. The molecule has 0 unspecified atom stereocenters. The van der Waals surface area contributed by atoms with Crippen LogP contribution in [0.3, 0.4) is 0 Å². The van der Waals surface area contributed by atoms with E-state index in [4.69, 9.17) is 9.68 Å². The highest BCUT2D eigenvalue weighted by molar-refractivity contribution is 8.13. The van der Waals surface area contributed by atoms with E-state index in [2.05, 4.69) is 34.3 Å². The Morgan fingerprint density at radius 3 is 2.88 bits per heavy atom. The fourth-order valence-electron chi connectivity index (χ4n) is 2.46. The molecule has 2 aromatic carbocycles. The van der Waals surface area contributed by atoms with Gasteiger partial charge in [-0.1, -0.05) is 30.8 Å². The van der Waals surface area contributed by atoms with Crippen LogP contribution in [0.2, 0.25) is 0 Å². The Balaban J connectivity index is 2.03. The van der Waals surface area contributed by atoms with E-state index in [-0.39, 0.29) is 0 Å². The summed E-state index contributed by atoms with van der Waals surface area (Å²) in [7, 11) is 0. The van der Waals surface area contributed by atoms with Crippen LogP contribution in [0.4, 0.5) is 5.69 Å². The highest BCUT2D eigenvalue weighted by atomic mass is 32.2. The molecule has 0 spiro atoms. The molecule has 0 bridgehead atoms. The second-order valence-electron chi connectivity index (χ2n) is 5.53. The van der Waals surface area contributed by atoms with Crippen LogP contribution in [0.1, 0.15) is 18.1 Å². The molecule has 0 aliphatic heterocycles. The zero-order chi connectivity index (χ0) is 17.8. The summed E-state index contributed by atoms with van der Waals surface area (Å²) in [6.07, 6.45) is 4.73. The van der Waals surface area contributed by atoms with E-state index >= 15 is 0 Å². The molecule has 0 atom stereocenters. The van der Waals surface area contributed by atoms with Crippen LogP contribution < -0.4 is 5.32 Å². The van der Waals surface area contributed by atoms with Gasteiger partial charge in [0.25, 0.3) is 0 Å². The van der Waals surface area contributed by atoms with Crippen molar-refractivity contribution in [1.29, 1.82) is 5.26 Å². The number of aliphatic imine (C=N–C) groups is 1. The van der Waals surface area contributed by atoms with Crippen molar-refractivity contribution in [2.75, 3.05) is 6.26 Å². The standard InChI is InChI=1S/C19H18N4OS/c1-4-13-6-8-17-16(9-13)22-18(24-17)14-7-5-12(2)15(10-14)23-19(25-3)21-11-20/h5-10H,4H2,1-3H3,(H,21,23). The van der Waals surface area contributed by atoms with E-state index in [1.807, 2.05) is 43.6 Å². The van der Waals surface area contributed by atoms with Gasteiger partial charge in [0.15, 0.2) is 16.9 Å². The molecule has 1 aromatic heterocycles. The summed E-state index contributed by atoms with van der Waals surface area (Å²) in [4.78, 5) is 9.12. The summed E-state index contributed by atoms with van der Waals surface area (Å²) in [5.74, 6) is 0.568. The fraction of sp³-hybridized carbons (Fsp3) is 0.211. The predicted molar refractivity (Wildman–Crippen MR) is 103 cm³/mol. The van der Waals surface area contributed by atoms with Gasteiger partial charge >= 0.3 is 0 Å². The van der Waals surface area contributed by atoms with Gasteiger partial charge in [0, 0.05) is 5.56 Å². The first-order chi connectivity index (χ1) is 12.1. The Labute approximate surface area is 150 Å². The lowest BCUT2D eigenvalue weighted by molar-refractivity contribution is 0.620. The van der Waals surface area contributed by atoms with Crippen LogP contribution in [-0.2, 0) is 6.42 Å². The number of nitriles is 1. The number of hydrogen-bond donors (Lipinski definition) is 1. The molecule has 0 fully saturated rings. The number of benzene rings is 2. The molecule has 126 valence electrons. The Hall–Kier alpha value is -2.78. The highest BCUT2D eigenvalue weighted by Gasteiger charge is 2.11. The Kier molecular flexibility index (Phi) is 5.05. The molecule has 0 amide bonds. The monoisotopic (exact) mass is 350 g/mol. The van der Waals surface area contributed by atoms with Crippen molar-refractivity contribution in [3.63, 3.8) is 0 Å². The van der Waals surface area contributed by atoms with Gasteiger partial charge in [0.1, 0.15) is 5.52 Å². The van der Waals surface area contributed by atoms with Crippen molar-refractivity contribution in [2.24, 2.45) is 4.99 Å². The second-order valence-corrected chi connectivity index (χ2v) is 6.33. The summed E-state index contributed by atoms with van der Waals surface area (Å²) >= 11 is 1.38. The number of oxazole rings is 1. The second kappa shape index (κ2) is 7.41. The first kappa shape index (κ1) is 17.1. The summed E-state index contributed by atoms with van der Waals surface area (Å²) < 4.78 is 5.89.